The van der Waals surface area contributed by atoms with E-state index in [4.69, 9.17) is 11.6 Å². The summed E-state index contributed by atoms with van der Waals surface area (Å²) in [7, 11) is 0. The lowest BCUT2D eigenvalue weighted by Gasteiger charge is -2.23. The van der Waals surface area contributed by atoms with Gasteiger partial charge in [0.1, 0.15) is 17.3 Å². The summed E-state index contributed by atoms with van der Waals surface area (Å²) in [5, 5.41) is 3.90. The fraction of sp³-hybridized carbons (Fsp3) is 0.111. The van der Waals surface area contributed by atoms with Crippen LogP contribution in [0.3, 0.4) is 0 Å². The van der Waals surface area contributed by atoms with Gasteiger partial charge in [-0.25, -0.2) is 19.6 Å². The smallest absolute Gasteiger partial charge is 0.275 e. The van der Waals surface area contributed by atoms with Crippen LogP contribution in [-0.4, -0.2) is 10.9 Å². The van der Waals surface area contributed by atoms with Gasteiger partial charge < -0.3 is 5.73 Å². The van der Waals surface area contributed by atoms with E-state index in [1.165, 1.54) is 36.4 Å². The van der Waals surface area contributed by atoms with Crippen LogP contribution in [0.5, 0.6) is 0 Å². The van der Waals surface area contributed by atoms with Crippen LogP contribution in [0.25, 0.3) is 10.2 Å². The highest BCUT2D eigenvalue weighted by molar-refractivity contribution is 7.22. The van der Waals surface area contributed by atoms with E-state index in [2.05, 4.69) is 10.3 Å². The summed E-state index contributed by atoms with van der Waals surface area (Å²) in [5.41, 5.74) is 6.72. The van der Waals surface area contributed by atoms with Crippen molar-refractivity contribution in [3.63, 3.8) is 0 Å². The second-order valence-corrected chi connectivity index (χ2v) is 6.65. The summed E-state index contributed by atoms with van der Waals surface area (Å²) >= 11 is 1.12. The minimum absolute atomic E-state index is 0.0977. The van der Waals surface area contributed by atoms with Gasteiger partial charge in [-0.15, -0.1) is 0 Å². The summed E-state index contributed by atoms with van der Waals surface area (Å²) in [6, 6.07) is 10.1. The Morgan fingerprint density at radius 2 is 2.00 bits per heavy atom. The Kier molecular flexibility index (Phi) is 5.33. The van der Waals surface area contributed by atoms with Crippen molar-refractivity contribution in [2.75, 3.05) is 10.3 Å². The van der Waals surface area contributed by atoms with E-state index in [0.29, 0.717) is 16.6 Å². The summed E-state index contributed by atoms with van der Waals surface area (Å²) in [6.45, 7) is 1.75. The molecule has 6 nitrogen and oxygen atoms in total. The van der Waals surface area contributed by atoms with Gasteiger partial charge in [0.05, 0.1) is 21.6 Å². The number of aromatic nitrogens is 1. The molecule has 3 aromatic rings. The molecule has 0 unspecified atom stereocenters. The van der Waals surface area contributed by atoms with E-state index >= 15 is 0 Å². The Bertz CT molecular complexity index is 1030. The third kappa shape index (κ3) is 3.88. The molecule has 0 aliphatic heterocycles. The van der Waals surface area contributed by atoms with Crippen LogP contribution in [0.1, 0.15) is 13.3 Å². The fourth-order valence-corrected chi connectivity index (χ4v) is 3.42. The average molecular weight is 389 g/mol. The van der Waals surface area contributed by atoms with Gasteiger partial charge in [0, 0.05) is 0 Å². The zero-order valence-corrected chi connectivity index (χ0v) is 15.2. The fourth-order valence-electron chi connectivity index (χ4n) is 2.53. The molecule has 0 radical (unpaired) electrons. The lowest BCUT2D eigenvalue weighted by atomic mass is 10.2. The predicted molar refractivity (Wildman–Crippen MR) is 103 cm³/mol. The molecular weight excluding hydrogens is 372 g/mol. The molecule has 1 amide bonds. The second kappa shape index (κ2) is 7.68. The van der Waals surface area contributed by atoms with Crippen molar-refractivity contribution in [1.29, 1.82) is 0 Å². The molecule has 0 atom stereocenters. The van der Waals surface area contributed by atoms with Crippen LogP contribution in [0.4, 0.5) is 19.6 Å². The van der Waals surface area contributed by atoms with Crippen molar-refractivity contribution in [3.8, 4) is 0 Å². The van der Waals surface area contributed by atoms with E-state index in [1.807, 2.05) is 0 Å². The first-order valence-corrected chi connectivity index (χ1v) is 8.87. The largest absolute Gasteiger partial charge is 0.393 e. The van der Waals surface area contributed by atoms with Crippen molar-refractivity contribution < 1.29 is 13.6 Å². The van der Waals surface area contributed by atoms with E-state index in [0.717, 1.165) is 16.3 Å². The topological polar surface area (TPSA) is 97.3 Å². The van der Waals surface area contributed by atoms with E-state index < -0.39 is 11.7 Å². The number of nitrogens with two attached hydrogens (primary N) is 2. The Balaban J connectivity index is 1.87. The minimum atomic E-state index is -0.627. The number of carbonyl (C=O) groups is 1. The number of allylic oxidation sites excluding steroid dienone is 1. The first-order valence-electron chi connectivity index (χ1n) is 8.06. The summed E-state index contributed by atoms with van der Waals surface area (Å²) in [6.07, 6.45) is 0.301. The van der Waals surface area contributed by atoms with Gasteiger partial charge in [-0.1, -0.05) is 30.4 Å². The molecule has 1 heterocycles. The normalized spacial score (nSPS) is 12.0. The molecule has 0 aliphatic rings. The number of carbonyl (C=O) groups excluding carboxylic acids is 1. The van der Waals surface area contributed by atoms with E-state index in [1.54, 1.807) is 13.0 Å². The minimum Gasteiger partial charge on any atom is -0.393 e. The number of fused-ring (bicyclic) bond motifs is 1. The van der Waals surface area contributed by atoms with Crippen molar-refractivity contribution in [1.82, 2.24) is 4.98 Å². The molecular formula is C18H17F2N5OS. The van der Waals surface area contributed by atoms with Crippen LogP contribution < -0.4 is 21.9 Å². The molecule has 0 saturated carbocycles. The number of benzene rings is 2. The number of nitrogens with one attached hydrogen (secondary N) is 1. The van der Waals surface area contributed by atoms with Gasteiger partial charge in [-0.2, -0.15) is 0 Å². The lowest BCUT2D eigenvalue weighted by molar-refractivity contribution is -0.113. The monoisotopic (exact) mass is 389 g/mol. The quantitative estimate of drug-likeness (QED) is 0.353. The van der Waals surface area contributed by atoms with Gasteiger partial charge in [0.15, 0.2) is 5.13 Å². The predicted octanol–water partition coefficient (Wildman–Crippen LogP) is 3.47. The van der Waals surface area contributed by atoms with Gasteiger partial charge in [0.2, 0.25) is 0 Å². The van der Waals surface area contributed by atoms with Crippen molar-refractivity contribution in [2.45, 2.75) is 13.3 Å². The van der Waals surface area contributed by atoms with Crippen LogP contribution in [0.2, 0.25) is 0 Å². The van der Waals surface area contributed by atoms with Crippen molar-refractivity contribution in [2.24, 2.45) is 11.6 Å². The van der Waals surface area contributed by atoms with Gasteiger partial charge >= 0.3 is 0 Å². The summed E-state index contributed by atoms with van der Waals surface area (Å²) in [5.74, 6) is 4.43. The number of thiazole rings is 1. The SMILES string of the molecule is CC/C(=C(/N)C(=O)Nc1nc2ccc(F)cc2s1)N(N)c1ccccc1F. The third-order valence-corrected chi connectivity index (χ3v) is 4.80. The number of rotatable bonds is 5. The number of para-hydroxylation sites is 1. The maximum atomic E-state index is 14.0. The molecule has 140 valence electrons. The number of nitrogens with zero attached hydrogens (tertiary/aromatic N) is 2. The van der Waals surface area contributed by atoms with E-state index in [-0.39, 0.29) is 28.0 Å². The van der Waals surface area contributed by atoms with Crippen LogP contribution in [0.15, 0.2) is 53.9 Å². The van der Waals surface area contributed by atoms with Crippen molar-refractivity contribution in [3.05, 3.63) is 65.5 Å². The zero-order chi connectivity index (χ0) is 19.6. The Morgan fingerprint density at radius 1 is 1.26 bits per heavy atom. The number of amides is 1. The summed E-state index contributed by atoms with van der Waals surface area (Å²) < 4.78 is 27.9. The second-order valence-electron chi connectivity index (χ2n) is 5.62. The highest BCUT2D eigenvalue weighted by Crippen LogP contribution is 2.27. The molecule has 0 saturated heterocycles. The van der Waals surface area contributed by atoms with Gasteiger partial charge in [0.25, 0.3) is 5.91 Å². The molecule has 27 heavy (non-hydrogen) atoms. The number of hydrogen-bond acceptors (Lipinski definition) is 6. The number of halogens is 2. The molecule has 5 N–H and O–H groups in total. The molecule has 9 heteroatoms. The number of anilines is 2. The molecule has 0 bridgehead atoms. The molecule has 0 aliphatic carbocycles. The zero-order valence-electron chi connectivity index (χ0n) is 14.4. The standard InChI is InChI=1S/C18H17F2N5OS/c1-2-13(25(22)14-6-4-3-5-11(14)20)16(21)17(26)24-18-23-12-8-7-10(19)9-15(12)27-18/h3-9H,2,21-22H2,1H3,(H,23,24,26)/b16-13-. The third-order valence-electron chi connectivity index (χ3n) is 3.86. The van der Waals surface area contributed by atoms with Crippen molar-refractivity contribution >= 4 is 38.3 Å². The Hall–Kier alpha value is -3.04. The molecule has 0 fully saturated rings. The molecule has 3 rings (SSSR count). The first kappa shape index (κ1) is 18.7. The number of hydrazine groups is 1. The van der Waals surface area contributed by atoms with Gasteiger partial charge in [-0.3, -0.25) is 15.1 Å². The highest BCUT2D eigenvalue weighted by Gasteiger charge is 2.19. The van der Waals surface area contributed by atoms with Crippen LogP contribution in [0, 0.1) is 11.6 Å². The Morgan fingerprint density at radius 3 is 2.70 bits per heavy atom. The van der Waals surface area contributed by atoms with Crippen LogP contribution in [-0.2, 0) is 4.79 Å². The molecule has 0 spiro atoms. The Labute approximate surface area is 158 Å². The average Bonchev–Trinajstić information content (AvgIpc) is 3.03. The number of hydrogen-bond donors (Lipinski definition) is 3. The van der Waals surface area contributed by atoms with Crippen LogP contribution >= 0.6 is 11.3 Å². The lowest BCUT2D eigenvalue weighted by Crippen LogP contribution is -2.35. The first-order chi connectivity index (χ1) is 12.9. The highest BCUT2D eigenvalue weighted by atomic mass is 32.1. The maximum absolute atomic E-state index is 14.0. The van der Waals surface area contributed by atoms with E-state index in [9.17, 15) is 13.6 Å². The molecule has 2 aromatic carbocycles. The summed E-state index contributed by atoms with van der Waals surface area (Å²) in [4.78, 5) is 16.7. The van der Waals surface area contributed by atoms with Gasteiger partial charge in [-0.05, 0) is 36.8 Å². The maximum Gasteiger partial charge on any atom is 0.275 e. The molecule has 1 aromatic heterocycles.